The Morgan fingerprint density at radius 1 is 0.722 bits per heavy atom. The lowest BCUT2D eigenvalue weighted by Gasteiger charge is -2.27. The first-order chi connectivity index (χ1) is 8.82. The molecule has 0 saturated heterocycles. The molecule has 0 atom stereocenters. The molecule has 3 rings (SSSR count). The largest absolute Gasteiger partial charge is 0.376 e. The molecule has 0 aliphatic rings. The molecule has 2 aromatic heterocycles. The van der Waals surface area contributed by atoms with Gasteiger partial charge in [0.1, 0.15) is 5.60 Å². The van der Waals surface area contributed by atoms with E-state index in [1.165, 1.54) is 0 Å². The first kappa shape index (κ1) is 11.7. The van der Waals surface area contributed by atoms with Crippen LogP contribution in [0.3, 0.4) is 0 Å². The van der Waals surface area contributed by atoms with Gasteiger partial charge in [0.2, 0.25) is 0 Å². The van der Waals surface area contributed by atoms with Gasteiger partial charge >= 0.3 is 0 Å². The van der Waals surface area contributed by atoms with Crippen LogP contribution >= 0.6 is 22.7 Å². The SMILES string of the molecule is OC(c1ccccc1)(c1ccsc1)c1ccsc1. The standard InChI is InChI=1S/C15H12OS2/c16-15(13-6-8-17-10-13,14-7-9-18-11-14)12-4-2-1-3-5-12/h1-11,16H. The van der Waals surface area contributed by atoms with Crippen molar-refractivity contribution in [3.05, 3.63) is 80.7 Å². The zero-order valence-corrected chi connectivity index (χ0v) is 11.2. The lowest BCUT2D eigenvalue weighted by molar-refractivity contribution is 0.126. The highest BCUT2D eigenvalue weighted by atomic mass is 32.1. The Labute approximate surface area is 114 Å². The van der Waals surface area contributed by atoms with Crippen molar-refractivity contribution in [3.63, 3.8) is 0 Å². The molecule has 0 unspecified atom stereocenters. The van der Waals surface area contributed by atoms with Crippen molar-refractivity contribution in [2.75, 3.05) is 0 Å². The summed E-state index contributed by atoms with van der Waals surface area (Å²) in [6.45, 7) is 0. The highest BCUT2D eigenvalue weighted by Gasteiger charge is 2.34. The Morgan fingerprint density at radius 3 is 1.72 bits per heavy atom. The third-order valence-electron chi connectivity index (χ3n) is 3.07. The van der Waals surface area contributed by atoms with E-state index < -0.39 is 5.60 Å². The first-order valence-electron chi connectivity index (χ1n) is 5.65. The predicted octanol–water partition coefficient (Wildman–Crippen LogP) is 4.09. The molecule has 0 aliphatic carbocycles. The average Bonchev–Trinajstić information content (AvgIpc) is 3.12. The van der Waals surface area contributed by atoms with Crippen LogP contribution in [-0.4, -0.2) is 5.11 Å². The summed E-state index contributed by atoms with van der Waals surface area (Å²) in [5.74, 6) is 0. The molecule has 2 heterocycles. The van der Waals surface area contributed by atoms with Crippen molar-refractivity contribution < 1.29 is 5.11 Å². The molecule has 1 aromatic carbocycles. The quantitative estimate of drug-likeness (QED) is 0.761. The maximum Gasteiger partial charge on any atom is 0.142 e. The van der Waals surface area contributed by atoms with Crippen molar-refractivity contribution in [1.29, 1.82) is 0 Å². The van der Waals surface area contributed by atoms with Gasteiger partial charge in [0.15, 0.2) is 0 Å². The van der Waals surface area contributed by atoms with Gasteiger partial charge in [0.25, 0.3) is 0 Å². The molecule has 0 amide bonds. The Kier molecular flexibility index (Phi) is 3.04. The van der Waals surface area contributed by atoms with Gasteiger partial charge in [-0.25, -0.2) is 0 Å². The molecule has 0 spiro atoms. The topological polar surface area (TPSA) is 20.2 Å². The second-order valence-electron chi connectivity index (χ2n) is 4.10. The van der Waals surface area contributed by atoms with Crippen LogP contribution in [0.1, 0.15) is 16.7 Å². The molecule has 1 nitrogen and oxygen atoms in total. The molecule has 1 N–H and O–H groups in total. The summed E-state index contributed by atoms with van der Waals surface area (Å²) in [7, 11) is 0. The zero-order chi connectivity index (χ0) is 12.4. The molecular weight excluding hydrogens is 260 g/mol. The van der Waals surface area contributed by atoms with Crippen LogP contribution in [-0.2, 0) is 5.60 Å². The van der Waals surface area contributed by atoms with Crippen LogP contribution in [0.15, 0.2) is 64.0 Å². The van der Waals surface area contributed by atoms with Crippen LogP contribution in [0, 0.1) is 0 Å². The van der Waals surface area contributed by atoms with Crippen molar-refractivity contribution in [2.45, 2.75) is 5.60 Å². The predicted molar refractivity (Wildman–Crippen MR) is 77.2 cm³/mol. The summed E-state index contributed by atoms with van der Waals surface area (Å²) in [6.07, 6.45) is 0. The van der Waals surface area contributed by atoms with Gasteiger partial charge in [-0.3, -0.25) is 0 Å². The Bertz CT molecular complexity index is 563. The molecule has 0 aliphatic heterocycles. The normalized spacial score (nSPS) is 11.6. The highest BCUT2D eigenvalue weighted by molar-refractivity contribution is 7.08. The molecule has 0 fully saturated rings. The minimum atomic E-state index is -1.04. The maximum atomic E-state index is 11.2. The monoisotopic (exact) mass is 272 g/mol. The van der Waals surface area contributed by atoms with Crippen LogP contribution in [0.5, 0.6) is 0 Å². The van der Waals surface area contributed by atoms with E-state index in [0.29, 0.717) is 0 Å². The molecule has 0 bridgehead atoms. The summed E-state index contributed by atoms with van der Waals surface area (Å²) in [4.78, 5) is 0. The summed E-state index contributed by atoms with van der Waals surface area (Å²) < 4.78 is 0. The fraction of sp³-hybridized carbons (Fsp3) is 0.0667. The Balaban J connectivity index is 2.22. The Morgan fingerprint density at radius 2 is 1.28 bits per heavy atom. The second kappa shape index (κ2) is 4.69. The van der Waals surface area contributed by atoms with Gasteiger partial charge in [0, 0.05) is 11.1 Å². The lowest BCUT2D eigenvalue weighted by atomic mass is 9.83. The third-order valence-corrected chi connectivity index (χ3v) is 4.44. The van der Waals surface area contributed by atoms with Crippen LogP contribution in [0.25, 0.3) is 0 Å². The van der Waals surface area contributed by atoms with E-state index in [9.17, 15) is 5.11 Å². The Hall–Kier alpha value is -1.42. The van der Waals surface area contributed by atoms with Crippen molar-refractivity contribution in [2.24, 2.45) is 0 Å². The number of hydrogen-bond donors (Lipinski definition) is 1. The fourth-order valence-corrected chi connectivity index (χ4v) is 3.52. The highest BCUT2D eigenvalue weighted by Crippen LogP contribution is 2.38. The molecule has 0 saturated carbocycles. The number of aliphatic hydroxyl groups is 1. The van der Waals surface area contributed by atoms with Gasteiger partial charge < -0.3 is 5.11 Å². The molecule has 3 heteroatoms. The van der Waals surface area contributed by atoms with E-state index in [-0.39, 0.29) is 0 Å². The van der Waals surface area contributed by atoms with Crippen molar-refractivity contribution in [1.82, 2.24) is 0 Å². The smallest absolute Gasteiger partial charge is 0.142 e. The van der Waals surface area contributed by atoms with Gasteiger partial charge in [-0.2, -0.15) is 22.7 Å². The van der Waals surface area contributed by atoms with Crippen molar-refractivity contribution >= 4 is 22.7 Å². The molecule has 3 aromatic rings. The molecule has 0 radical (unpaired) electrons. The van der Waals surface area contributed by atoms with E-state index in [0.717, 1.165) is 16.7 Å². The summed E-state index contributed by atoms with van der Waals surface area (Å²) in [5, 5.41) is 19.2. The van der Waals surface area contributed by atoms with E-state index in [1.54, 1.807) is 22.7 Å². The zero-order valence-electron chi connectivity index (χ0n) is 9.61. The van der Waals surface area contributed by atoms with Gasteiger partial charge in [-0.15, -0.1) is 0 Å². The minimum Gasteiger partial charge on any atom is -0.376 e. The third kappa shape index (κ3) is 1.81. The number of thiophene rings is 2. The summed E-state index contributed by atoms with van der Waals surface area (Å²) in [5.41, 5.74) is 1.72. The van der Waals surface area contributed by atoms with E-state index in [1.807, 2.05) is 64.0 Å². The minimum absolute atomic E-state index is 0.904. The van der Waals surface area contributed by atoms with Crippen LogP contribution in [0.2, 0.25) is 0 Å². The molecule has 18 heavy (non-hydrogen) atoms. The van der Waals surface area contributed by atoms with E-state index in [4.69, 9.17) is 0 Å². The first-order valence-corrected chi connectivity index (χ1v) is 7.53. The van der Waals surface area contributed by atoms with E-state index >= 15 is 0 Å². The van der Waals surface area contributed by atoms with E-state index in [2.05, 4.69) is 0 Å². The molecular formula is C15H12OS2. The maximum absolute atomic E-state index is 11.2. The number of benzene rings is 1. The fourth-order valence-electron chi connectivity index (χ4n) is 2.12. The number of rotatable bonds is 3. The van der Waals surface area contributed by atoms with Gasteiger partial charge in [-0.1, -0.05) is 30.3 Å². The average molecular weight is 272 g/mol. The second-order valence-corrected chi connectivity index (χ2v) is 5.66. The van der Waals surface area contributed by atoms with Gasteiger partial charge in [-0.05, 0) is 39.2 Å². The van der Waals surface area contributed by atoms with Crippen molar-refractivity contribution in [3.8, 4) is 0 Å². The summed E-state index contributed by atoms with van der Waals surface area (Å²) >= 11 is 3.20. The number of hydrogen-bond acceptors (Lipinski definition) is 3. The lowest BCUT2D eigenvalue weighted by Crippen LogP contribution is -2.27. The van der Waals surface area contributed by atoms with Gasteiger partial charge in [0.05, 0.1) is 0 Å². The van der Waals surface area contributed by atoms with Crippen LogP contribution < -0.4 is 0 Å². The van der Waals surface area contributed by atoms with Crippen LogP contribution in [0.4, 0.5) is 0 Å². The molecule has 90 valence electrons. The summed E-state index contributed by atoms with van der Waals surface area (Å²) in [6, 6.07) is 13.8.